The van der Waals surface area contributed by atoms with Crippen molar-refractivity contribution in [3.05, 3.63) is 28.7 Å². The molecule has 0 amide bonds. The van der Waals surface area contributed by atoms with Crippen molar-refractivity contribution in [1.29, 1.82) is 0 Å². The van der Waals surface area contributed by atoms with Crippen LogP contribution in [0, 0.1) is 0 Å². The van der Waals surface area contributed by atoms with Crippen LogP contribution >= 0.6 is 0 Å². The van der Waals surface area contributed by atoms with E-state index in [-0.39, 0.29) is 11.4 Å². The molecule has 0 aromatic carbocycles. The minimum absolute atomic E-state index is 0.218. The van der Waals surface area contributed by atoms with Crippen LogP contribution in [0.1, 0.15) is 13.0 Å². The SMILES string of the molecule is CC(C(=O)O)n1nnnc1-c1ccn(C)c(=O)c1. The highest BCUT2D eigenvalue weighted by molar-refractivity contribution is 5.72. The molecular weight excluding hydrogens is 238 g/mol. The molecule has 0 bridgehead atoms. The standard InChI is InChI=1S/C10H11N5O3/c1-6(10(17)18)15-9(11-12-13-15)7-3-4-14(2)8(16)5-7/h3-6H,1-2H3,(H,17,18). The summed E-state index contributed by atoms with van der Waals surface area (Å²) < 4.78 is 2.56. The molecule has 2 aromatic heterocycles. The zero-order chi connectivity index (χ0) is 13.3. The van der Waals surface area contributed by atoms with E-state index in [1.54, 1.807) is 19.3 Å². The predicted octanol–water partition coefficient (Wildman–Crippen LogP) is -0.316. The number of hydrogen-bond acceptors (Lipinski definition) is 5. The number of aromatic nitrogens is 5. The van der Waals surface area contributed by atoms with E-state index in [4.69, 9.17) is 5.11 Å². The lowest BCUT2D eigenvalue weighted by molar-refractivity contribution is -0.140. The Morgan fingerprint density at radius 2 is 2.22 bits per heavy atom. The number of tetrazole rings is 1. The summed E-state index contributed by atoms with van der Waals surface area (Å²) >= 11 is 0. The second-order valence-electron chi connectivity index (χ2n) is 3.83. The van der Waals surface area contributed by atoms with E-state index >= 15 is 0 Å². The third kappa shape index (κ3) is 1.99. The highest BCUT2D eigenvalue weighted by Gasteiger charge is 2.20. The van der Waals surface area contributed by atoms with Gasteiger partial charge in [0.05, 0.1) is 0 Å². The molecule has 8 nitrogen and oxygen atoms in total. The van der Waals surface area contributed by atoms with Gasteiger partial charge in [0.1, 0.15) is 0 Å². The Morgan fingerprint density at radius 1 is 1.50 bits per heavy atom. The molecule has 94 valence electrons. The molecule has 8 heteroatoms. The molecule has 18 heavy (non-hydrogen) atoms. The minimum atomic E-state index is -1.05. The van der Waals surface area contributed by atoms with Crippen molar-refractivity contribution in [3.8, 4) is 11.4 Å². The van der Waals surface area contributed by atoms with E-state index in [0.717, 1.165) is 4.68 Å². The van der Waals surface area contributed by atoms with Crippen LogP contribution in [0.4, 0.5) is 0 Å². The van der Waals surface area contributed by atoms with Crippen LogP contribution in [0.25, 0.3) is 11.4 Å². The Labute approximate surface area is 101 Å². The summed E-state index contributed by atoms with van der Waals surface area (Å²) in [6, 6.07) is 2.11. The first-order valence-corrected chi connectivity index (χ1v) is 5.18. The first kappa shape index (κ1) is 12.0. The fourth-order valence-corrected chi connectivity index (χ4v) is 1.44. The molecule has 0 spiro atoms. The number of pyridine rings is 1. The Balaban J connectivity index is 2.52. The highest BCUT2D eigenvalue weighted by Crippen LogP contribution is 2.17. The van der Waals surface area contributed by atoms with Gasteiger partial charge in [-0.1, -0.05) is 0 Å². The molecule has 0 fully saturated rings. The van der Waals surface area contributed by atoms with Crippen molar-refractivity contribution >= 4 is 5.97 Å². The number of carbonyl (C=O) groups is 1. The largest absolute Gasteiger partial charge is 0.480 e. The fourth-order valence-electron chi connectivity index (χ4n) is 1.44. The van der Waals surface area contributed by atoms with Crippen molar-refractivity contribution < 1.29 is 9.90 Å². The summed E-state index contributed by atoms with van der Waals surface area (Å²) in [5.41, 5.74) is 0.265. The van der Waals surface area contributed by atoms with Crippen LogP contribution in [0.2, 0.25) is 0 Å². The van der Waals surface area contributed by atoms with Crippen molar-refractivity contribution in [2.24, 2.45) is 7.05 Å². The minimum Gasteiger partial charge on any atom is -0.480 e. The van der Waals surface area contributed by atoms with Crippen molar-refractivity contribution in [2.75, 3.05) is 0 Å². The van der Waals surface area contributed by atoms with E-state index in [1.807, 2.05) is 0 Å². The quantitative estimate of drug-likeness (QED) is 0.799. The third-order valence-corrected chi connectivity index (χ3v) is 2.58. The van der Waals surface area contributed by atoms with Gasteiger partial charge < -0.3 is 9.67 Å². The summed E-state index contributed by atoms with van der Waals surface area (Å²) in [7, 11) is 1.62. The van der Waals surface area contributed by atoms with Crippen LogP contribution in [0.5, 0.6) is 0 Å². The molecule has 1 unspecified atom stereocenters. The van der Waals surface area contributed by atoms with Gasteiger partial charge in [-0.15, -0.1) is 5.10 Å². The zero-order valence-corrected chi connectivity index (χ0v) is 9.81. The fraction of sp³-hybridized carbons (Fsp3) is 0.300. The van der Waals surface area contributed by atoms with Gasteiger partial charge in [-0.2, -0.15) is 0 Å². The van der Waals surface area contributed by atoms with Crippen LogP contribution < -0.4 is 5.56 Å². The normalized spacial score (nSPS) is 12.3. The second-order valence-corrected chi connectivity index (χ2v) is 3.83. The molecule has 2 rings (SSSR count). The molecule has 2 aromatic rings. The van der Waals surface area contributed by atoms with Gasteiger partial charge in [0, 0.05) is 24.9 Å². The van der Waals surface area contributed by atoms with Crippen LogP contribution in [-0.2, 0) is 11.8 Å². The highest BCUT2D eigenvalue weighted by atomic mass is 16.4. The smallest absolute Gasteiger partial charge is 0.328 e. The number of aryl methyl sites for hydroxylation is 1. The van der Waals surface area contributed by atoms with Crippen molar-refractivity contribution in [2.45, 2.75) is 13.0 Å². The van der Waals surface area contributed by atoms with E-state index < -0.39 is 12.0 Å². The Hall–Kier alpha value is -2.51. The van der Waals surface area contributed by atoms with Gasteiger partial charge in [0.2, 0.25) is 0 Å². The molecule has 2 heterocycles. The Morgan fingerprint density at radius 3 is 2.83 bits per heavy atom. The average molecular weight is 249 g/mol. The summed E-state index contributed by atoms with van der Waals surface area (Å²) in [5, 5.41) is 19.8. The molecule has 1 atom stereocenters. The topological polar surface area (TPSA) is 103 Å². The molecule has 0 aliphatic heterocycles. The Kier molecular flexibility index (Phi) is 2.92. The summed E-state index contributed by atoms with van der Waals surface area (Å²) in [6.07, 6.45) is 1.57. The number of carboxylic acids is 1. The van der Waals surface area contributed by atoms with Crippen molar-refractivity contribution in [1.82, 2.24) is 24.8 Å². The van der Waals surface area contributed by atoms with Crippen molar-refractivity contribution in [3.63, 3.8) is 0 Å². The average Bonchev–Trinajstić information content (AvgIpc) is 2.80. The Bertz CT molecular complexity index is 645. The summed E-state index contributed by atoms with van der Waals surface area (Å²) in [5.74, 6) is -0.796. The number of hydrogen-bond donors (Lipinski definition) is 1. The summed E-state index contributed by atoms with van der Waals surface area (Å²) in [6.45, 7) is 1.46. The first-order chi connectivity index (χ1) is 8.50. The number of carboxylic acid groups (broad SMARTS) is 1. The van der Waals surface area contributed by atoms with Crippen LogP contribution in [0.15, 0.2) is 23.1 Å². The lowest BCUT2D eigenvalue weighted by atomic mass is 10.2. The van der Waals surface area contributed by atoms with E-state index in [1.165, 1.54) is 17.6 Å². The monoisotopic (exact) mass is 249 g/mol. The molecule has 0 aliphatic rings. The van der Waals surface area contributed by atoms with Crippen LogP contribution in [0.3, 0.4) is 0 Å². The maximum atomic E-state index is 11.5. The van der Waals surface area contributed by atoms with Gasteiger partial charge >= 0.3 is 5.97 Å². The maximum absolute atomic E-state index is 11.5. The van der Waals surface area contributed by atoms with Gasteiger partial charge in [-0.25, -0.2) is 9.48 Å². The molecular formula is C10H11N5O3. The van der Waals surface area contributed by atoms with E-state index in [2.05, 4.69) is 15.5 Å². The van der Waals surface area contributed by atoms with Gasteiger partial charge in [0.25, 0.3) is 5.56 Å². The molecule has 0 aliphatic carbocycles. The third-order valence-electron chi connectivity index (χ3n) is 2.58. The number of aliphatic carboxylic acids is 1. The summed E-state index contributed by atoms with van der Waals surface area (Å²) in [4.78, 5) is 22.4. The lowest BCUT2D eigenvalue weighted by Crippen LogP contribution is -2.19. The molecule has 0 radical (unpaired) electrons. The number of nitrogens with zero attached hydrogens (tertiary/aromatic N) is 5. The maximum Gasteiger partial charge on any atom is 0.328 e. The lowest BCUT2D eigenvalue weighted by Gasteiger charge is -2.08. The molecule has 1 N–H and O–H groups in total. The van der Waals surface area contributed by atoms with Crippen LogP contribution in [-0.4, -0.2) is 35.9 Å². The molecule has 0 saturated carbocycles. The second kappa shape index (κ2) is 4.40. The zero-order valence-electron chi connectivity index (χ0n) is 9.81. The number of rotatable bonds is 3. The van der Waals surface area contributed by atoms with E-state index in [9.17, 15) is 9.59 Å². The van der Waals surface area contributed by atoms with Gasteiger partial charge in [0.15, 0.2) is 11.9 Å². The predicted molar refractivity (Wildman–Crippen MR) is 60.8 cm³/mol. The van der Waals surface area contributed by atoms with Gasteiger partial charge in [-0.3, -0.25) is 4.79 Å². The first-order valence-electron chi connectivity index (χ1n) is 5.18. The van der Waals surface area contributed by atoms with E-state index in [0.29, 0.717) is 5.56 Å². The molecule has 0 saturated heterocycles. The van der Waals surface area contributed by atoms with Gasteiger partial charge in [-0.05, 0) is 23.4 Å².